The number of benzene rings is 3. The van der Waals surface area contributed by atoms with Crippen LogP contribution in [0.15, 0.2) is 83.3 Å². The van der Waals surface area contributed by atoms with Crippen molar-refractivity contribution in [1.29, 1.82) is 0 Å². The Kier molecular flexibility index (Phi) is 7.19. The van der Waals surface area contributed by atoms with Gasteiger partial charge in [-0.3, -0.25) is 4.79 Å². The zero-order chi connectivity index (χ0) is 23.7. The van der Waals surface area contributed by atoms with Gasteiger partial charge in [-0.1, -0.05) is 52.3 Å². The zero-order valence-corrected chi connectivity index (χ0v) is 20.7. The van der Waals surface area contributed by atoms with Crippen LogP contribution in [-0.2, 0) is 24.4 Å². The summed E-state index contributed by atoms with van der Waals surface area (Å²) in [5.41, 5.74) is 5.68. The predicted molar refractivity (Wildman–Crippen MR) is 141 cm³/mol. The van der Waals surface area contributed by atoms with E-state index < -0.39 is 5.97 Å². The van der Waals surface area contributed by atoms with Gasteiger partial charge in [0.15, 0.2) is 0 Å². The van der Waals surface area contributed by atoms with Crippen LogP contribution in [0, 0.1) is 6.92 Å². The van der Waals surface area contributed by atoms with Crippen LogP contribution in [-0.4, -0.2) is 26.1 Å². The van der Waals surface area contributed by atoms with E-state index in [0.29, 0.717) is 18.9 Å². The van der Waals surface area contributed by atoms with Gasteiger partial charge >= 0.3 is 5.97 Å². The number of carbonyl (C=O) groups is 1. The second-order valence-electron chi connectivity index (χ2n) is 8.31. The van der Waals surface area contributed by atoms with Gasteiger partial charge in [0.1, 0.15) is 12.4 Å². The maximum absolute atomic E-state index is 11.6. The molecule has 5 aromatic rings. The molecule has 0 spiro atoms. The molecule has 0 saturated heterocycles. The number of nitrogens with zero attached hydrogens (tertiary/aromatic N) is 2. The molecule has 0 aliphatic carbocycles. The molecule has 0 saturated carbocycles. The molecule has 0 amide bonds. The Morgan fingerprint density at radius 2 is 1.80 bits per heavy atom. The highest BCUT2D eigenvalue weighted by Crippen LogP contribution is 2.31. The Balaban J connectivity index is 0.00000289. The van der Waals surface area contributed by atoms with Crippen LogP contribution in [0.1, 0.15) is 22.5 Å². The van der Waals surface area contributed by atoms with Crippen molar-refractivity contribution in [3.8, 4) is 5.75 Å². The van der Waals surface area contributed by atoms with Gasteiger partial charge in [-0.15, -0.1) is 0 Å². The Labute approximate surface area is 211 Å². The van der Waals surface area contributed by atoms with E-state index in [9.17, 15) is 9.90 Å². The normalized spacial score (nSPS) is 10.9. The number of aromatic nitrogens is 2. The number of ether oxygens (including phenoxy) is 1. The van der Waals surface area contributed by atoms with Crippen molar-refractivity contribution in [2.75, 3.05) is 0 Å². The Bertz CT molecular complexity index is 1510. The van der Waals surface area contributed by atoms with Gasteiger partial charge in [-0.2, -0.15) is 0 Å². The molecule has 3 aromatic carbocycles. The fourth-order valence-electron chi connectivity index (χ4n) is 4.32. The summed E-state index contributed by atoms with van der Waals surface area (Å²) in [7, 11) is 0. The molecule has 0 bridgehead atoms. The van der Waals surface area contributed by atoms with Crippen molar-refractivity contribution in [3.63, 3.8) is 0 Å². The Morgan fingerprint density at radius 3 is 2.57 bits per heavy atom. The van der Waals surface area contributed by atoms with Crippen LogP contribution in [0.25, 0.3) is 21.8 Å². The van der Waals surface area contributed by atoms with E-state index in [0.717, 1.165) is 48.8 Å². The van der Waals surface area contributed by atoms with Crippen molar-refractivity contribution < 1.29 is 20.1 Å². The topological polar surface area (TPSA) is 95.8 Å². The number of pyridine rings is 1. The van der Waals surface area contributed by atoms with Gasteiger partial charge in [-0.05, 0) is 60.5 Å². The maximum Gasteiger partial charge on any atom is 0.307 e. The zero-order valence-electron chi connectivity index (χ0n) is 19.2. The smallest absolute Gasteiger partial charge is 0.307 e. The molecule has 0 aliphatic heterocycles. The van der Waals surface area contributed by atoms with E-state index in [1.165, 1.54) is 0 Å². The lowest BCUT2D eigenvalue weighted by molar-refractivity contribution is -0.136. The minimum Gasteiger partial charge on any atom is -0.487 e. The molecule has 2 heterocycles. The molecule has 0 atom stereocenters. The fraction of sp³-hybridized carbons (Fsp3) is 0.143. The van der Waals surface area contributed by atoms with E-state index in [1.807, 2.05) is 73.7 Å². The molecule has 7 heteroatoms. The Morgan fingerprint density at radius 1 is 1.03 bits per heavy atom. The average molecular weight is 533 g/mol. The quantitative estimate of drug-likeness (QED) is 0.291. The first kappa shape index (κ1) is 24.4. The summed E-state index contributed by atoms with van der Waals surface area (Å²) in [4.78, 5) is 16.3. The third-order valence-corrected chi connectivity index (χ3v) is 6.58. The van der Waals surface area contributed by atoms with Gasteiger partial charge < -0.3 is 19.9 Å². The molecule has 0 unspecified atom stereocenters. The lowest BCUT2D eigenvalue weighted by atomic mass is 10.1. The van der Waals surface area contributed by atoms with E-state index >= 15 is 0 Å². The lowest BCUT2D eigenvalue weighted by Gasteiger charge is -2.10. The van der Waals surface area contributed by atoms with Crippen molar-refractivity contribution in [1.82, 2.24) is 9.55 Å². The van der Waals surface area contributed by atoms with E-state index in [1.54, 1.807) is 0 Å². The van der Waals surface area contributed by atoms with Crippen LogP contribution in [0.4, 0.5) is 0 Å². The first-order valence-electron chi connectivity index (χ1n) is 11.0. The molecule has 0 radical (unpaired) electrons. The Hall–Kier alpha value is -3.68. The van der Waals surface area contributed by atoms with Crippen LogP contribution in [0.3, 0.4) is 0 Å². The molecule has 35 heavy (non-hydrogen) atoms. The summed E-state index contributed by atoms with van der Waals surface area (Å²) in [6, 6.07) is 26.1. The molecular weight excluding hydrogens is 508 g/mol. The minimum absolute atomic E-state index is 0. The van der Waals surface area contributed by atoms with Crippen molar-refractivity contribution in [2.24, 2.45) is 0 Å². The first-order chi connectivity index (χ1) is 16.5. The summed E-state index contributed by atoms with van der Waals surface area (Å²) in [5, 5.41) is 11.5. The average Bonchev–Trinajstić information content (AvgIpc) is 3.09. The molecule has 0 fully saturated rings. The van der Waals surface area contributed by atoms with Crippen molar-refractivity contribution in [2.45, 2.75) is 26.5 Å². The second-order valence-corrected chi connectivity index (χ2v) is 9.23. The number of hydrogen-bond acceptors (Lipinski definition) is 3. The highest BCUT2D eigenvalue weighted by molar-refractivity contribution is 9.10. The molecule has 3 N–H and O–H groups in total. The highest BCUT2D eigenvalue weighted by Gasteiger charge is 2.17. The number of fused-ring (bicyclic) bond motifs is 2. The number of carboxylic acids is 1. The second kappa shape index (κ2) is 10.3. The van der Waals surface area contributed by atoms with E-state index in [2.05, 4.69) is 37.6 Å². The number of aliphatic carboxylic acids is 1. The fourth-order valence-corrected chi connectivity index (χ4v) is 4.58. The van der Waals surface area contributed by atoms with Crippen molar-refractivity contribution >= 4 is 43.7 Å². The summed E-state index contributed by atoms with van der Waals surface area (Å²) in [6.45, 7) is 2.98. The molecule has 2 aromatic heterocycles. The van der Waals surface area contributed by atoms with E-state index in [4.69, 9.17) is 4.74 Å². The van der Waals surface area contributed by atoms with Crippen LogP contribution >= 0.6 is 15.9 Å². The van der Waals surface area contributed by atoms with E-state index in [-0.39, 0.29) is 11.9 Å². The number of halogens is 1. The predicted octanol–water partition coefficient (Wildman–Crippen LogP) is 5.69. The number of hydrogen-bond donors (Lipinski definition) is 1. The van der Waals surface area contributed by atoms with Gasteiger partial charge in [-0.25, -0.2) is 4.98 Å². The van der Waals surface area contributed by atoms with Crippen LogP contribution in [0.2, 0.25) is 0 Å². The molecule has 5 rings (SSSR count). The highest BCUT2D eigenvalue weighted by atomic mass is 79.9. The lowest BCUT2D eigenvalue weighted by Crippen LogP contribution is -2.05. The summed E-state index contributed by atoms with van der Waals surface area (Å²) in [5.74, 6) is -0.160. The maximum atomic E-state index is 11.6. The molecular formula is C28H25BrN2O4. The molecule has 178 valence electrons. The number of rotatable bonds is 7. The molecule has 0 aliphatic rings. The monoisotopic (exact) mass is 532 g/mol. The number of carboxylic acid groups (broad SMARTS) is 1. The minimum atomic E-state index is -0.850. The van der Waals surface area contributed by atoms with Gasteiger partial charge in [0, 0.05) is 33.0 Å². The van der Waals surface area contributed by atoms with Gasteiger partial charge in [0.05, 0.1) is 17.6 Å². The van der Waals surface area contributed by atoms with Crippen LogP contribution < -0.4 is 4.74 Å². The largest absolute Gasteiger partial charge is 0.487 e. The summed E-state index contributed by atoms with van der Waals surface area (Å²) in [6.07, 6.45) is -0.0364. The van der Waals surface area contributed by atoms with Crippen molar-refractivity contribution in [3.05, 3.63) is 106 Å². The standard InChI is InChI=1S/C28H23BrN2O3.H2O/c1-18-24(15-28(32)33)25-14-23(34-17-22-11-8-20-4-2-3-5-26(20)30-22)12-13-27(25)31(18)16-19-6-9-21(29)10-7-19;/h2-14H,15-17H2,1H3,(H,32,33);1H2. The summed E-state index contributed by atoms with van der Waals surface area (Å²) < 4.78 is 9.26. The third kappa shape index (κ3) is 5.21. The summed E-state index contributed by atoms with van der Waals surface area (Å²) >= 11 is 3.48. The van der Waals surface area contributed by atoms with Gasteiger partial charge in [0.2, 0.25) is 0 Å². The van der Waals surface area contributed by atoms with Gasteiger partial charge in [0.25, 0.3) is 0 Å². The number of para-hydroxylation sites is 1. The third-order valence-electron chi connectivity index (χ3n) is 6.05. The molecule has 6 nitrogen and oxygen atoms in total. The SMILES string of the molecule is Cc1c(CC(=O)O)c2cc(OCc3ccc4ccccc4n3)ccc2n1Cc1ccc(Br)cc1.O. The first-order valence-corrected chi connectivity index (χ1v) is 11.8. The van der Waals surface area contributed by atoms with Crippen LogP contribution in [0.5, 0.6) is 5.75 Å².